The molecule has 1 aromatic heterocycles. The first kappa shape index (κ1) is 12.0. The standard InChI is InChI=1S/C12H21N3S/c1-2-16-11-6-4-3-5-10(11)15-9-12-13-7-8-14-12/h7-8,10-11,15H,2-6,9H2,1H3,(H,13,14). The van der Waals surface area contributed by atoms with Gasteiger partial charge in [0.25, 0.3) is 0 Å². The maximum Gasteiger partial charge on any atom is 0.120 e. The molecule has 0 saturated heterocycles. The summed E-state index contributed by atoms with van der Waals surface area (Å²) >= 11 is 2.10. The van der Waals surface area contributed by atoms with Gasteiger partial charge in [0.2, 0.25) is 0 Å². The van der Waals surface area contributed by atoms with E-state index in [0.717, 1.165) is 17.6 Å². The lowest BCUT2D eigenvalue weighted by Gasteiger charge is -2.31. The van der Waals surface area contributed by atoms with Crippen LogP contribution in [0.4, 0.5) is 0 Å². The largest absolute Gasteiger partial charge is 0.348 e. The van der Waals surface area contributed by atoms with Gasteiger partial charge in [-0.2, -0.15) is 11.8 Å². The monoisotopic (exact) mass is 239 g/mol. The molecule has 4 heteroatoms. The van der Waals surface area contributed by atoms with Crippen LogP contribution in [0, 0.1) is 0 Å². The molecule has 0 amide bonds. The summed E-state index contributed by atoms with van der Waals surface area (Å²) in [6.07, 6.45) is 9.16. The van der Waals surface area contributed by atoms with E-state index in [0.29, 0.717) is 6.04 Å². The fraction of sp³-hybridized carbons (Fsp3) is 0.750. The second-order valence-electron chi connectivity index (χ2n) is 4.30. The SMILES string of the molecule is CCSC1CCCCC1NCc1ncc[nH]1. The van der Waals surface area contributed by atoms with Crippen LogP contribution in [-0.4, -0.2) is 27.0 Å². The van der Waals surface area contributed by atoms with Crippen molar-refractivity contribution in [2.75, 3.05) is 5.75 Å². The van der Waals surface area contributed by atoms with Gasteiger partial charge in [-0.05, 0) is 18.6 Å². The minimum Gasteiger partial charge on any atom is -0.348 e. The number of hydrogen-bond acceptors (Lipinski definition) is 3. The predicted molar refractivity (Wildman–Crippen MR) is 69.6 cm³/mol. The topological polar surface area (TPSA) is 40.7 Å². The van der Waals surface area contributed by atoms with Crippen molar-refractivity contribution in [2.24, 2.45) is 0 Å². The number of H-pyrrole nitrogens is 1. The van der Waals surface area contributed by atoms with Crippen molar-refractivity contribution in [3.8, 4) is 0 Å². The van der Waals surface area contributed by atoms with Crippen LogP contribution in [0.25, 0.3) is 0 Å². The second kappa shape index (κ2) is 6.30. The van der Waals surface area contributed by atoms with E-state index in [1.807, 2.05) is 12.4 Å². The van der Waals surface area contributed by atoms with E-state index in [2.05, 4.69) is 34.0 Å². The number of nitrogens with zero attached hydrogens (tertiary/aromatic N) is 1. The smallest absolute Gasteiger partial charge is 0.120 e. The third-order valence-corrected chi connectivity index (χ3v) is 4.50. The summed E-state index contributed by atoms with van der Waals surface area (Å²) in [6.45, 7) is 3.13. The molecular formula is C12H21N3S. The molecular weight excluding hydrogens is 218 g/mol. The Morgan fingerprint density at radius 3 is 3.12 bits per heavy atom. The van der Waals surface area contributed by atoms with Crippen LogP contribution in [0.15, 0.2) is 12.4 Å². The molecule has 0 radical (unpaired) electrons. The van der Waals surface area contributed by atoms with Gasteiger partial charge in [-0.3, -0.25) is 0 Å². The molecule has 16 heavy (non-hydrogen) atoms. The Morgan fingerprint density at radius 1 is 1.50 bits per heavy atom. The number of nitrogens with one attached hydrogen (secondary N) is 2. The zero-order chi connectivity index (χ0) is 11.2. The van der Waals surface area contributed by atoms with Crippen LogP contribution >= 0.6 is 11.8 Å². The molecule has 0 aromatic carbocycles. The first-order chi connectivity index (χ1) is 7.90. The van der Waals surface area contributed by atoms with Crippen molar-refractivity contribution in [3.05, 3.63) is 18.2 Å². The molecule has 0 spiro atoms. The summed E-state index contributed by atoms with van der Waals surface area (Å²) in [4.78, 5) is 7.39. The van der Waals surface area contributed by atoms with Gasteiger partial charge in [-0.15, -0.1) is 0 Å². The number of aromatic amines is 1. The fourth-order valence-electron chi connectivity index (χ4n) is 2.37. The lowest BCUT2D eigenvalue weighted by Crippen LogP contribution is -2.40. The van der Waals surface area contributed by atoms with Gasteiger partial charge >= 0.3 is 0 Å². The summed E-state index contributed by atoms with van der Waals surface area (Å²) in [5, 5.41) is 4.44. The highest BCUT2D eigenvalue weighted by Gasteiger charge is 2.24. The number of hydrogen-bond donors (Lipinski definition) is 2. The molecule has 90 valence electrons. The molecule has 0 bridgehead atoms. The van der Waals surface area contributed by atoms with Gasteiger partial charge in [0.05, 0.1) is 6.54 Å². The van der Waals surface area contributed by atoms with E-state index in [-0.39, 0.29) is 0 Å². The summed E-state index contributed by atoms with van der Waals surface area (Å²) in [5.41, 5.74) is 0. The van der Waals surface area contributed by atoms with Crippen molar-refractivity contribution < 1.29 is 0 Å². The Kier molecular flexibility index (Phi) is 4.72. The molecule has 1 aromatic rings. The molecule has 1 fully saturated rings. The quantitative estimate of drug-likeness (QED) is 0.829. The Morgan fingerprint density at radius 2 is 2.38 bits per heavy atom. The van der Waals surface area contributed by atoms with Crippen LogP contribution in [0.2, 0.25) is 0 Å². The Hall–Kier alpha value is -0.480. The Bertz CT molecular complexity index is 284. The lowest BCUT2D eigenvalue weighted by atomic mass is 9.95. The molecule has 3 nitrogen and oxygen atoms in total. The minimum atomic E-state index is 0.670. The zero-order valence-electron chi connectivity index (χ0n) is 9.91. The van der Waals surface area contributed by atoms with Gasteiger partial charge in [-0.1, -0.05) is 19.8 Å². The predicted octanol–water partition coefficient (Wildman–Crippen LogP) is 2.56. The van der Waals surface area contributed by atoms with Crippen LogP contribution in [0.5, 0.6) is 0 Å². The summed E-state index contributed by atoms with van der Waals surface area (Å²) in [5.74, 6) is 2.27. The molecule has 1 saturated carbocycles. The van der Waals surface area contributed by atoms with Gasteiger partial charge in [0.1, 0.15) is 5.82 Å². The fourth-order valence-corrected chi connectivity index (χ4v) is 3.59. The Balaban J connectivity index is 1.81. The van der Waals surface area contributed by atoms with Crippen molar-refractivity contribution in [3.63, 3.8) is 0 Å². The molecule has 2 N–H and O–H groups in total. The molecule has 2 atom stereocenters. The minimum absolute atomic E-state index is 0.670. The van der Waals surface area contributed by atoms with Crippen molar-refractivity contribution >= 4 is 11.8 Å². The number of aromatic nitrogens is 2. The molecule has 1 aliphatic rings. The second-order valence-corrected chi connectivity index (χ2v) is 5.82. The molecule has 0 aliphatic heterocycles. The van der Waals surface area contributed by atoms with E-state index in [9.17, 15) is 0 Å². The van der Waals surface area contributed by atoms with Gasteiger partial charge < -0.3 is 10.3 Å². The van der Waals surface area contributed by atoms with Crippen molar-refractivity contribution in [1.29, 1.82) is 0 Å². The molecule has 1 heterocycles. The molecule has 1 aliphatic carbocycles. The van der Waals surface area contributed by atoms with E-state index < -0.39 is 0 Å². The van der Waals surface area contributed by atoms with Crippen LogP contribution in [0.1, 0.15) is 38.4 Å². The third-order valence-electron chi connectivity index (χ3n) is 3.17. The molecule has 2 unspecified atom stereocenters. The van der Waals surface area contributed by atoms with Crippen LogP contribution < -0.4 is 5.32 Å². The number of thioether (sulfide) groups is 1. The average Bonchev–Trinajstić information content (AvgIpc) is 2.81. The van der Waals surface area contributed by atoms with Crippen molar-refractivity contribution in [2.45, 2.75) is 50.4 Å². The normalized spacial score (nSPS) is 25.8. The Labute approximate surface area is 102 Å². The van der Waals surface area contributed by atoms with Crippen molar-refractivity contribution in [1.82, 2.24) is 15.3 Å². The van der Waals surface area contributed by atoms with Crippen LogP contribution in [0.3, 0.4) is 0 Å². The van der Waals surface area contributed by atoms with E-state index in [4.69, 9.17) is 0 Å². The van der Waals surface area contributed by atoms with E-state index in [1.54, 1.807) is 0 Å². The highest BCUT2D eigenvalue weighted by atomic mass is 32.2. The average molecular weight is 239 g/mol. The summed E-state index contributed by atoms with van der Waals surface area (Å²) in [7, 11) is 0. The van der Waals surface area contributed by atoms with Gasteiger partial charge in [-0.25, -0.2) is 4.98 Å². The maximum absolute atomic E-state index is 4.25. The van der Waals surface area contributed by atoms with E-state index in [1.165, 1.54) is 31.4 Å². The lowest BCUT2D eigenvalue weighted by molar-refractivity contribution is 0.380. The first-order valence-electron chi connectivity index (χ1n) is 6.23. The zero-order valence-corrected chi connectivity index (χ0v) is 10.7. The highest BCUT2D eigenvalue weighted by molar-refractivity contribution is 7.99. The highest BCUT2D eigenvalue weighted by Crippen LogP contribution is 2.28. The summed E-state index contributed by atoms with van der Waals surface area (Å²) < 4.78 is 0. The van der Waals surface area contributed by atoms with Crippen LogP contribution in [-0.2, 0) is 6.54 Å². The number of rotatable bonds is 5. The summed E-state index contributed by atoms with van der Waals surface area (Å²) in [6, 6.07) is 0.670. The molecule has 2 rings (SSSR count). The van der Waals surface area contributed by atoms with Gasteiger partial charge in [0, 0.05) is 23.7 Å². The third kappa shape index (κ3) is 3.25. The first-order valence-corrected chi connectivity index (χ1v) is 7.28. The maximum atomic E-state index is 4.25. The van der Waals surface area contributed by atoms with Gasteiger partial charge in [0.15, 0.2) is 0 Å². The van der Waals surface area contributed by atoms with E-state index >= 15 is 0 Å². The number of imidazole rings is 1.